The summed E-state index contributed by atoms with van der Waals surface area (Å²) >= 11 is 0. The van der Waals surface area contributed by atoms with Gasteiger partial charge in [0.15, 0.2) is 0 Å². The van der Waals surface area contributed by atoms with E-state index in [0.717, 1.165) is 12.8 Å². The van der Waals surface area contributed by atoms with Gasteiger partial charge in [-0.2, -0.15) is 0 Å². The molecule has 0 aliphatic rings. The molecule has 0 aliphatic heterocycles. The van der Waals surface area contributed by atoms with Crippen molar-refractivity contribution < 1.29 is 55.2 Å². The van der Waals surface area contributed by atoms with Gasteiger partial charge in [0.1, 0.15) is 0 Å². The summed E-state index contributed by atoms with van der Waals surface area (Å²) in [6.07, 6.45) is 2.34. The average Bonchev–Trinajstić information content (AvgIpc) is 2.82. The number of carboxylic acids is 3. The summed E-state index contributed by atoms with van der Waals surface area (Å²) in [5.74, 6) is -2.81. The van der Waals surface area contributed by atoms with Crippen LogP contribution in [-0.4, -0.2) is 91.8 Å². The molecule has 0 aliphatic carbocycles. The van der Waals surface area contributed by atoms with Crippen LogP contribution in [0.4, 0.5) is 0 Å². The fourth-order valence-electron chi connectivity index (χ4n) is 0.485. The van der Waals surface area contributed by atoms with E-state index in [1.165, 1.54) is 20.8 Å². The highest BCUT2D eigenvalue weighted by Crippen LogP contribution is 2.18. The standard InChI is InChI=1S/C6H14O3.3C4H6O2.2C3H8O/c1-2-6(3-7,4-8)5-9;3*1-3(2)4(5)6;2*1-2-3-4/h7-9H,2-5H2,1H3;3*1H2,2H3,(H,5,6);2*4H,2-3H2,1H3. The normalized spacial score (nSPS) is 8.66. The van der Waals surface area contributed by atoms with Crippen molar-refractivity contribution in [2.45, 2.75) is 60.8 Å². The van der Waals surface area contributed by atoms with Crippen LogP contribution in [0.5, 0.6) is 0 Å². The largest absolute Gasteiger partial charge is 0.478 e. The van der Waals surface area contributed by atoms with Crippen molar-refractivity contribution in [3.05, 3.63) is 36.5 Å². The molecule has 0 fully saturated rings. The molecule has 0 aromatic heterocycles. The highest BCUT2D eigenvalue weighted by atomic mass is 16.4. The Bertz CT molecular complexity index is 447. The van der Waals surface area contributed by atoms with Gasteiger partial charge < -0.3 is 40.9 Å². The van der Waals surface area contributed by atoms with E-state index in [2.05, 4.69) is 19.7 Å². The van der Waals surface area contributed by atoms with E-state index in [1.807, 2.05) is 20.8 Å². The van der Waals surface area contributed by atoms with Crippen LogP contribution in [0.2, 0.25) is 0 Å². The number of hydrogen-bond acceptors (Lipinski definition) is 8. The minimum absolute atomic E-state index is 0.156. The van der Waals surface area contributed by atoms with E-state index >= 15 is 0 Å². The van der Waals surface area contributed by atoms with E-state index in [0.29, 0.717) is 19.6 Å². The van der Waals surface area contributed by atoms with Crippen molar-refractivity contribution >= 4 is 17.9 Å². The smallest absolute Gasteiger partial charge is 0.330 e. The first-order valence-electron chi connectivity index (χ1n) is 10.7. The monoisotopic (exact) mass is 512 g/mol. The zero-order chi connectivity index (χ0) is 29.6. The second-order valence-corrected chi connectivity index (χ2v) is 7.03. The maximum absolute atomic E-state index is 9.60. The first-order chi connectivity index (χ1) is 16.0. The van der Waals surface area contributed by atoms with Gasteiger partial charge in [0.2, 0.25) is 0 Å². The molecule has 0 saturated heterocycles. The maximum atomic E-state index is 9.60. The third-order valence-corrected chi connectivity index (χ3v) is 3.30. The average molecular weight is 513 g/mol. The van der Waals surface area contributed by atoms with Gasteiger partial charge in [-0.3, -0.25) is 0 Å². The molecule has 0 bridgehead atoms. The third kappa shape index (κ3) is 49.6. The van der Waals surface area contributed by atoms with Crippen LogP contribution in [0.1, 0.15) is 60.8 Å². The van der Waals surface area contributed by atoms with Crippen molar-refractivity contribution in [3.8, 4) is 0 Å². The summed E-state index contributed by atoms with van der Waals surface area (Å²) in [6.45, 7) is 19.7. The number of aliphatic hydroxyl groups is 5. The summed E-state index contributed by atoms with van der Waals surface area (Å²) in [7, 11) is 0. The van der Waals surface area contributed by atoms with Gasteiger partial charge in [-0.05, 0) is 40.0 Å². The Morgan fingerprint density at radius 1 is 0.571 bits per heavy atom. The quantitative estimate of drug-likeness (QED) is 0.209. The van der Waals surface area contributed by atoms with Gasteiger partial charge in [0.05, 0.1) is 19.8 Å². The SMILES string of the molecule is C=C(C)C(=O)O.C=C(C)C(=O)O.C=C(C)C(=O)O.CCC(CO)(CO)CO.CCCO.CCCO. The highest BCUT2D eigenvalue weighted by molar-refractivity contribution is 5.85. The van der Waals surface area contributed by atoms with Gasteiger partial charge >= 0.3 is 17.9 Å². The first kappa shape index (κ1) is 45.9. The van der Waals surface area contributed by atoms with Gasteiger partial charge in [0.25, 0.3) is 0 Å². The van der Waals surface area contributed by atoms with Crippen LogP contribution in [0, 0.1) is 5.41 Å². The highest BCUT2D eigenvalue weighted by Gasteiger charge is 2.24. The van der Waals surface area contributed by atoms with Crippen molar-refractivity contribution in [1.29, 1.82) is 0 Å². The van der Waals surface area contributed by atoms with Crippen LogP contribution in [0.3, 0.4) is 0 Å². The molecule has 0 radical (unpaired) electrons. The number of rotatable bonds is 9. The van der Waals surface area contributed by atoms with Crippen LogP contribution in [0.25, 0.3) is 0 Å². The molecular formula is C24H48O11. The molecule has 0 rings (SSSR count). The molecule has 0 saturated carbocycles. The molecule has 0 spiro atoms. The second kappa shape index (κ2) is 33.6. The van der Waals surface area contributed by atoms with Crippen molar-refractivity contribution in [2.24, 2.45) is 5.41 Å². The summed E-state index contributed by atoms with van der Waals surface area (Å²) in [6, 6.07) is 0. The molecule has 0 heterocycles. The molecule has 11 nitrogen and oxygen atoms in total. The lowest BCUT2D eigenvalue weighted by molar-refractivity contribution is -0.133. The Morgan fingerprint density at radius 2 is 0.714 bits per heavy atom. The van der Waals surface area contributed by atoms with E-state index in [9.17, 15) is 14.4 Å². The topological polar surface area (TPSA) is 213 Å². The summed E-state index contributed by atoms with van der Waals surface area (Å²) < 4.78 is 0. The molecule has 0 unspecified atom stereocenters. The van der Waals surface area contributed by atoms with Crippen LogP contribution >= 0.6 is 0 Å². The molecule has 8 N–H and O–H groups in total. The molecule has 210 valence electrons. The van der Waals surface area contributed by atoms with Crippen molar-refractivity contribution in [2.75, 3.05) is 33.0 Å². The van der Waals surface area contributed by atoms with E-state index in [1.54, 1.807) is 0 Å². The molecule has 0 amide bonds. The van der Waals surface area contributed by atoms with Gasteiger partial charge in [0, 0.05) is 35.3 Å². The van der Waals surface area contributed by atoms with E-state index in [4.69, 9.17) is 40.9 Å². The number of carboxylic acid groups (broad SMARTS) is 3. The molecule has 0 atom stereocenters. The second-order valence-electron chi connectivity index (χ2n) is 7.03. The van der Waals surface area contributed by atoms with Crippen LogP contribution < -0.4 is 0 Å². The maximum Gasteiger partial charge on any atom is 0.330 e. The number of hydrogen-bond donors (Lipinski definition) is 8. The Hall–Kier alpha value is -2.57. The Balaban J connectivity index is -0.0000000738. The molecule has 11 heteroatoms. The zero-order valence-electron chi connectivity index (χ0n) is 22.1. The molecule has 35 heavy (non-hydrogen) atoms. The van der Waals surface area contributed by atoms with Crippen LogP contribution in [-0.2, 0) is 14.4 Å². The number of aliphatic hydroxyl groups excluding tert-OH is 5. The lowest BCUT2D eigenvalue weighted by Gasteiger charge is -2.24. The van der Waals surface area contributed by atoms with E-state index in [-0.39, 0.29) is 36.5 Å². The Morgan fingerprint density at radius 3 is 0.714 bits per heavy atom. The van der Waals surface area contributed by atoms with Gasteiger partial charge in [-0.1, -0.05) is 40.5 Å². The Kier molecular flexibility index (Phi) is 44.0. The molecular weight excluding hydrogens is 464 g/mol. The third-order valence-electron chi connectivity index (χ3n) is 3.30. The summed E-state index contributed by atoms with van der Waals surface area (Å²) in [5, 5.41) is 65.4. The van der Waals surface area contributed by atoms with Crippen LogP contribution in [0.15, 0.2) is 36.5 Å². The van der Waals surface area contributed by atoms with Gasteiger partial charge in [-0.15, -0.1) is 0 Å². The zero-order valence-corrected chi connectivity index (χ0v) is 22.1. The number of carbonyl (C=O) groups is 3. The fourth-order valence-corrected chi connectivity index (χ4v) is 0.485. The lowest BCUT2D eigenvalue weighted by Crippen LogP contribution is -2.32. The fraction of sp³-hybridized carbons (Fsp3) is 0.625. The molecule has 0 aromatic carbocycles. The Labute approximate surface area is 209 Å². The predicted molar refractivity (Wildman–Crippen MR) is 136 cm³/mol. The molecule has 0 aromatic rings. The van der Waals surface area contributed by atoms with Crippen molar-refractivity contribution in [1.82, 2.24) is 0 Å². The minimum Gasteiger partial charge on any atom is -0.478 e. The summed E-state index contributed by atoms with van der Waals surface area (Å²) in [4.78, 5) is 28.8. The predicted octanol–water partition coefficient (Wildman–Crippen LogP) is 2.08. The lowest BCUT2D eigenvalue weighted by atomic mass is 9.88. The van der Waals surface area contributed by atoms with Gasteiger partial charge in [-0.25, -0.2) is 14.4 Å². The summed E-state index contributed by atoms with van der Waals surface area (Å²) in [5.41, 5.74) is -0.139. The van der Waals surface area contributed by atoms with Crippen molar-refractivity contribution in [3.63, 3.8) is 0 Å². The first-order valence-corrected chi connectivity index (χ1v) is 10.7. The van der Waals surface area contributed by atoms with E-state index < -0.39 is 23.3 Å². The number of aliphatic carboxylic acids is 3. The minimum atomic E-state index is -0.935.